The number of halogens is 3. The number of aromatic nitrogens is 2. The third-order valence-corrected chi connectivity index (χ3v) is 3.25. The van der Waals surface area contributed by atoms with Gasteiger partial charge >= 0.3 is 6.55 Å². The summed E-state index contributed by atoms with van der Waals surface area (Å²) in [6.07, 6.45) is 2.64. The van der Waals surface area contributed by atoms with Gasteiger partial charge in [-0.05, 0) is 19.2 Å². The Morgan fingerprint density at radius 2 is 2.14 bits per heavy atom. The molecule has 2 aromatic rings. The maximum Gasteiger partial charge on any atom is 0.319 e. The van der Waals surface area contributed by atoms with Crippen LogP contribution in [0.4, 0.5) is 8.78 Å². The lowest BCUT2D eigenvalue weighted by molar-refractivity contribution is 0.0643. The van der Waals surface area contributed by atoms with Crippen LogP contribution in [0.15, 0.2) is 36.7 Å². The topological polar surface area (TPSA) is 30.3 Å². The van der Waals surface area contributed by atoms with E-state index in [1.54, 1.807) is 12.1 Å². The van der Waals surface area contributed by atoms with E-state index in [0.717, 1.165) is 4.57 Å². The number of hydrogen-bond acceptors (Lipinski definition) is 3. The fourth-order valence-electron chi connectivity index (χ4n) is 1.84. The van der Waals surface area contributed by atoms with Crippen molar-refractivity contribution in [1.82, 2.24) is 14.5 Å². The van der Waals surface area contributed by atoms with Gasteiger partial charge in [-0.3, -0.25) is 9.47 Å². The minimum atomic E-state index is -2.57. The lowest BCUT2D eigenvalue weighted by atomic mass is 10.3. The van der Waals surface area contributed by atoms with Gasteiger partial charge in [0.15, 0.2) is 0 Å². The van der Waals surface area contributed by atoms with Gasteiger partial charge in [-0.15, -0.1) is 0 Å². The standard InChI is InChI=1S/C14H16ClF2N3O/c1-19(10-13-18-6-7-20(13)14(16)17)8-9-21-12-5-3-2-4-11(12)15/h2-7,14H,8-10H2,1H3. The second-order valence-electron chi connectivity index (χ2n) is 4.55. The first-order valence-corrected chi connectivity index (χ1v) is 6.81. The predicted molar refractivity (Wildman–Crippen MR) is 76.8 cm³/mol. The molecule has 0 fully saturated rings. The van der Waals surface area contributed by atoms with Gasteiger partial charge in [-0.2, -0.15) is 8.78 Å². The van der Waals surface area contributed by atoms with Gasteiger partial charge in [0.2, 0.25) is 0 Å². The highest BCUT2D eigenvalue weighted by molar-refractivity contribution is 6.32. The van der Waals surface area contributed by atoms with Crippen LogP contribution in [0.2, 0.25) is 5.02 Å². The Hall–Kier alpha value is -1.66. The summed E-state index contributed by atoms with van der Waals surface area (Å²) >= 11 is 5.98. The zero-order chi connectivity index (χ0) is 15.2. The largest absolute Gasteiger partial charge is 0.491 e. The number of ether oxygens (including phenoxy) is 1. The summed E-state index contributed by atoms with van der Waals surface area (Å²) in [5.41, 5.74) is 0. The van der Waals surface area contributed by atoms with Crippen molar-refractivity contribution in [3.05, 3.63) is 47.5 Å². The quantitative estimate of drug-likeness (QED) is 0.784. The van der Waals surface area contributed by atoms with Crippen molar-refractivity contribution in [2.24, 2.45) is 0 Å². The van der Waals surface area contributed by atoms with Crippen molar-refractivity contribution >= 4 is 11.6 Å². The fraction of sp³-hybridized carbons (Fsp3) is 0.357. The predicted octanol–water partition coefficient (Wildman–Crippen LogP) is 3.44. The van der Waals surface area contributed by atoms with E-state index in [1.165, 1.54) is 12.4 Å². The summed E-state index contributed by atoms with van der Waals surface area (Å²) < 4.78 is 31.8. The molecule has 2 rings (SSSR count). The normalized spacial score (nSPS) is 11.3. The molecule has 1 aromatic heterocycles. The Balaban J connectivity index is 1.81. The van der Waals surface area contributed by atoms with Gasteiger partial charge in [0.1, 0.15) is 18.2 Å². The first-order chi connectivity index (χ1) is 10.1. The first-order valence-electron chi connectivity index (χ1n) is 6.43. The highest BCUT2D eigenvalue weighted by Gasteiger charge is 2.13. The lowest BCUT2D eigenvalue weighted by Gasteiger charge is -2.17. The molecule has 0 aliphatic heterocycles. The van der Waals surface area contributed by atoms with Crippen LogP contribution in [-0.4, -0.2) is 34.7 Å². The van der Waals surface area contributed by atoms with Crippen molar-refractivity contribution in [2.45, 2.75) is 13.1 Å². The molecule has 0 radical (unpaired) electrons. The highest BCUT2D eigenvalue weighted by Crippen LogP contribution is 2.22. The second-order valence-corrected chi connectivity index (χ2v) is 4.95. The third-order valence-electron chi connectivity index (χ3n) is 2.94. The molecule has 0 spiro atoms. The summed E-state index contributed by atoms with van der Waals surface area (Å²) in [5.74, 6) is 0.937. The molecule has 0 saturated heterocycles. The van der Waals surface area contributed by atoms with Crippen molar-refractivity contribution < 1.29 is 13.5 Å². The molecule has 4 nitrogen and oxygen atoms in total. The number of rotatable bonds is 7. The van der Waals surface area contributed by atoms with E-state index < -0.39 is 6.55 Å². The van der Waals surface area contributed by atoms with E-state index in [-0.39, 0.29) is 0 Å². The molecular formula is C14H16ClF2N3O. The Bertz CT molecular complexity index is 577. The maximum absolute atomic E-state index is 12.7. The van der Waals surface area contributed by atoms with Crippen molar-refractivity contribution in [3.63, 3.8) is 0 Å². The van der Waals surface area contributed by atoms with Crippen LogP contribution in [-0.2, 0) is 6.54 Å². The smallest absolute Gasteiger partial charge is 0.319 e. The Morgan fingerprint density at radius 1 is 1.38 bits per heavy atom. The zero-order valence-electron chi connectivity index (χ0n) is 11.5. The number of likely N-dealkylation sites (N-methyl/N-ethyl adjacent to an activating group) is 1. The molecule has 0 unspecified atom stereocenters. The maximum atomic E-state index is 12.7. The number of benzene rings is 1. The molecule has 1 aromatic carbocycles. The molecular weight excluding hydrogens is 300 g/mol. The first kappa shape index (κ1) is 15.7. The van der Waals surface area contributed by atoms with Crippen LogP contribution in [0.25, 0.3) is 0 Å². The van der Waals surface area contributed by atoms with Gasteiger partial charge in [-0.25, -0.2) is 4.98 Å². The van der Waals surface area contributed by atoms with E-state index in [1.807, 2.05) is 24.1 Å². The number of imidazole rings is 1. The van der Waals surface area contributed by atoms with Gasteiger partial charge in [0.05, 0.1) is 11.6 Å². The van der Waals surface area contributed by atoms with Crippen LogP contribution in [0.5, 0.6) is 5.75 Å². The van der Waals surface area contributed by atoms with Crippen molar-refractivity contribution in [1.29, 1.82) is 0 Å². The van der Waals surface area contributed by atoms with Gasteiger partial charge in [0.25, 0.3) is 0 Å². The summed E-state index contributed by atoms with van der Waals surface area (Å²) in [6, 6.07) is 7.20. The van der Waals surface area contributed by atoms with Crippen molar-refractivity contribution in [2.75, 3.05) is 20.2 Å². The molecule has 0 aliphatic carbocycles. The Kier molecular flexibility index (Phi) is 5.52. The van der Waals surface area contributed by atoms with Crippen LogP contribution in [0.1, 0.15) is 12.4 Å². The average molecular weight is 316 g/mol. The molecule has 21 heavy (non-hydrogen) atoms. The molecule has 0 atom stereocenters. The molecule has 0 aliphatic rings. The van der Waals surface area contributed by atoms with Crippen LogP contribution < -0.4 is 4.74 Å². The van der Waals surface area contributed by atoms with Crippen LogP contribution in [0, 0.1) is 0 Å². The number of hydrogen-bond donors (Lipinski definition) is 0. The molecule has 1 heterocycles. The fourth-order valence-corrected chi connectivity index (χ4v) is 2.03. The van der Waals surface area contributed by atoms with E-state index in [0.29, 0.717) is 36.3 Å². The summed E-state index contributed by atoms with van der Waals surface area (Å²) in [4.78, 5) is 5.80. The zero-order valence-corrected chi connectivity index (χ0v) is 12.3. The average Bonchev–Trinajstić information content (AvgIpc) is 2.89. The van der Waals surface area contributed by atoms with Gasteiger partial charge in [-0.1, -0.05) is 23.7 Å². The van der Waals surface area contributed by atoms with Crippen LogP contribution >= 0.6 is 11.6 Å². The second kappa shape index (κ2) is 7.38. The van der Waals surface area contributed by atoms with Gasteiger partial charge < -0.3 is 4.74 Å². The molecule has 0 amide bonds. The number of para-hydroxylation sites is 1. The summed E-state index contributed by atoms with van der Waals surface area (Å²) in [6.45, 7) is -1.27. The van der Waals surface area contributed by atoms with E-state index in [9.17, 15) is 8.78 Å². The molecule has 7 heteroatoms. The number of nitrogens with zero attached hydrogens (tertiary/aromatic N) is 3. The van der Waals surface area contributed by atoms with E-state index >= 15 is 0 Å². The van der Waals surface area contributed by atoms with E-state index in [4.69, 9.17) is 16.3 Å². The molecule has 0 N–H and O–H groups in total. The summed E-state index contributed by atoms with van der Waals surface area (Å²) in [7, 11) is 1.82. The minimum Gasteiger partial charge on any atom is -0.491 e. The summed E-state index contributed by atoms with van der Waals surface area (Å²) in [5, 5.41) is 0.549. The monoisotopic (exact) mass is 315 g/mol. The highest BCUT2D eigenvalue weighted by atomic mass is 35.5. The third kappa shape index (κ3) is 4.41. The molecule has 0 saturated carbocycles. The molecule has 0 bridgehead atoms. The number of alkyl halides is 2. The van der Waals surface area contributed by atoms with Gasteiger partial charge in [0, 0.05) is 18.9 Å². The Morgan fingerprint density at radius 3 is 2.86 bits per heavy atom. The lowest BCUT2D eigenvalue weighted by Crippen LogP contribution is -2.25. The molecule has 114 valence electrons. The van der Waals surface area contributed by atoms with Crippen LogP contribution in [0.3, 0.4) is 0 Å². The van der Waals surface area contributed by atoms with Crippen molar-refractivity contribution in [3.8, 4) is 5.75 Å². The minimum absolute atomic E-state index is 0.323. The Labute approximate surface area is 126 Å². The van der Waals surface area contributed by atoms with E-state index in [2.05, 4.69) is 4.98 Å². The SMILES string of the molecule is CN(CCOc1ccccc1Cl)Cc1nccn1C(F)F.